The van der Waals surface area contributed by atoms with Crippen molar-refractivity contribution in [1.29, 1.82) is 0 Å². The quantitative estimate of drug-likeness (QED) is 0.627. The van der Waals surface area contributed by atoms with E-state index in [1.54, 1.807) is 7.11 Å². The summed E-state index contributed by atoms with van der Waals surface area (Å²) in [5, 5.41) is 0. The van der Waals surface area contributed by atoms with Gasteiger partial charge in [-0.2, -0.15) is 0 Å². The van der Waals surface area contributed by atoms with Gasteiger partial charge in [0.05, 0.1) is 37.2 Å². The number of amides is 2. The van der Waals surface area contributed by atoms with Crippen LogP contribution in [0.1, 0.15) is 12.5 Å². The number of ether oxygens (including phenoxy) is 2. The molecule has 0 radical (unpaired) electrons. The zero-order valence-electron chi connectivity index (χ0n) is 12.5. The molecule has 1 aromatic rings. The zero-order chi connectivity index (χ0) is 15.5. The molecule has 0 aliphatic carbocycles. The fourth-order valence-corrected chi connectivity index (χ4v) is 3.87. The number of rotatable bonds is 3. The SMILES string of the molecule is COc1ccccc1CN1C(=O)[C@@H]2[C@H]3C=C[C@@](C)(O3)[C@H]2C1=O. The van der Waals surface area contributed by atoms with Crippen molar-refractivity contribution in [2.75, 3.05) is 7.11 Å². The van der Waals surface area contributed by atoms with Crippen LogP contribution in [-0.2, 0) is 20.9 Å². The number of imide groups is 1. The van der Waals surface area contributed by atoms with E-state index in [1.807, 2.05) is 43.3 Å². The number of hydrogen-bond acceptors (Lipinski definition) is 4. The van der Waals surface area contributed by atoms with E-state index in [1.165, 1.54) is 4.90 Å². The lowest BCUT2D eigenvalue weighted by Crippen LogP contribution is -2.38. The predicted molar refractivity (Wildman–Crippen MR) is 77.9 cm³/mol. The molecule has 0 spiro atoms. The molecule has 3 heterocycles. The lowest BCUT2D eigenvalue weighted by molar-refractivity contribution is -0.144. The highest BCUT2D eigenvalue weighted by Gasteiger charge is 2.65. The summed E-state index contributed by atoms with van der Waals surface area (Å²) in [5.41, 5.74) is 0.190. The minimum absolute atomic E-state index is 0.140. The molecule has 0 aromatic heterocycles. The molecule has 2 bridgehead atoms. The summed E-state index contributed by atoms with van der Waals surface area (Å²) in [6.07, 6.45) is 3.55. The summed E-state index contributed by atoms with van der Waals surface area (Å²) in [5.74, 6) is -0.375. The first-order chi connectivity index (χ1) is 10.5. The van der Waals surface area contributed by atoms with Gasteiger partial charge < -0.3 is 9.47 Å². The Bertz CT molecular complexity index is 698. The number of carbonyl (C=O) groups excluding carboxylic acids is 2. The van der Waals surface area contributed by atoms with Crippen molar-refractivity contribution in [3.05, 3.63) is 42.0 Å². The van der Waals surface area contributed by atoms with Gasteiger partial charge in [0.2, 0.25) is 11.8 Å². The number of likely N-dealkylation sites (tertiary alicyclic amines) is 1. The number of fused-ring (bicyclic) bond motifs is 5. The minimum atomic E-state index is -0.641. The van der Waals surface area contributed by atoms with Gasteiger partial charge in [-0.05, 0) is 13.0 Å². The summed E-state index contributed by atoms with van der Waals surface area (Å²) in [6, 6.07) is 7.44. The van der Waals surface area contributed by atoms with Gasteiger partial charge in [0.15, 0.2) is 0 Å². The monoisotopic (exact) mass is 299 g/mol. The average molecular weight is 299 g/mol. The molecule has 0 unspecified atom stereocenters. The molecule has 2 fully saturated rings. The number of nitrogens with zero attached hydrogens (tertiary/aromatic N) is 1. The molecule has 3 aliphatic heterocycles. The third-order valence-electron chi connectivity index (χ3n) is 4.94. The molecule has 4 rings (SSSR count). The van der Waals surface area contributed by atoms with Crippen LogP contribution in [0.15, 0.2) is 36.4 Å². The van der Waals surface area contributed by atoms with Crippen molar-refractivity contribution >= 4 is 11.8 Å². The van der Waals surface area contributed by atoms with E-state index in [4.69, 9.17) is 9.47 Å². The molecule has 2 saturated heterocycles. The molecular weight excluding hydrogens is 282 g/mol. The van der Waals surface area contributed by atoms with E-state index < -0.39 is 11.5 Å². The molecule has 114 valence electrons. The number of benzene rings is 1. The van der Waals surface area contributed by atoms with Crippen LogP contribution >= 0.6 is 0 Å². The van der Waals surface area contributed by atoms with Crippen LogP contribution < -0.4 is 4.74 Å². The molecule has 3 aliphatic rings. The molecule has 0 saturated carbocycles. The number of methoxy groups -OCH3 is 1. The van der Waals surface area contributed by atoms with Gasteiger partial charge in [-0.1, -0.05) is 30.4 Å². The average Bonchev–Trinajstić information content (AvgIpc) is 3.12. The van der Waals surface area contributed by atoms with Gasteiger partial charge >= 0.3 is 0 Å². The predicted octanol–water partition coefficient (Wildman–Crippen LogP) is 1.52. The summed E-state index contributed by atoms with van der Waals surface area (Å²) < 4.78 is 11.1. The van der Waals surface area contributed by atoms with Gasteiger partial charge in [-0.3, -0.25) is 14.5 Å². The number of carbonyl (C=O) groups is 2. The van der Waals surface area contributed by atoms with E-state index >= 15 is 0 Å². The van der Waals surface area contributed by atoms with Crippen molar-refractivity contribution in [3.8, 4) is 5.75 Å². The zero-order valence-corrected chi connectivity index (χ0v) is 12.5. The molecule has 22 heavy (non-hydrogen) atoms. The van der Waals surface area contributed by atoms with Crippen molar-refractivity contribution in [2.24, 2.45) is 11.8 Å². The van der Waals surface area contributed by atoms with Crippen molar-refractivity contribution in [3.63, 3.8) is 0 Å². The van der Waals surface area contributed by atoms with Crippen LogP contribution in [0.4, 0.5) is 0 Å². The Kier molecular flexibility index (Phi) is 2.72. The molecule has 1 aromatic carbocycles. The lowest BCUT2D eigenvalue weighted by Gasteiger charge is -2.24. The van der Waals surface area contributed by atoms with E-state index in [-0.39, 0.29) is 30.4 Å². The molecule has 5 heteroatoms. The fraction of sp³-hybridized carbons (Fsp3) is 0.412. The summed E-state index contributed by atoms with van der Waals surface area (Å²) in [6.45, 7) is 2.13. The largest absolute Gasteiger partial charge is 0.496 e. The van der Waals surface area contributed by atoms with Crippen LogP contribution in [0.25, 0.3) is 0 Å². The first kappa shape index (κ1) is 13.5. The minimum Gasteiger partial charge on any atom is -0.496 e. The summed E-state index contributed by atoms with van der Waals surface area (Å²) in [7, 11) is 1.58. The van der Waals surface area contributed by atoms with E-state index in [0.717, 1.165) is 5.56 Å². The Morgan fingerprint density at radius 2 is 2.05 bits per heavy atom. The number of hydrogen-bond donors (Lipinski definition) is 0. The highest BCUT2D eigenvalue weighted by atomic mass is 16.5. The highest BCUT2D eigenvalue weighted by Crippen LogP contribution is 2.51. The summed E-state index contributed by atoms with van der Waals surface area (Å²) >= 11 is 0. The van der Waals surface area contributed by atoms with Gasteiger partial charge in [0, 0.05) is 5.56 Å². The van der Waals surface area contributed by atoms with Crippen LogP contribution in [0.3, 0.4) is 0 Å². The second-order valence-electron chi connectivity index (χ2n) is 6.20. The number of para-hydroxylation sites is 1. The Balaban J connectivity index is 1.65. The Labute approximate surface area is 128 Å². The third-order valence-corrected chi connectivity index (χ3v) is 4.94. The molecule has 0 N–H and O–H groups in total. The fourth-order valence-electron chi connectivity index (χ4n) is 3.87. The highest BCUT2D eigenvalue weighted by molar-refractivity contribution is 6.07. The van der Waals surface area contributed by atoms with Gasteiger partial charge in [-0.15, -0.1) is 0 Å². The molecular formula is C17H17NO4. The standard InChI is InChI=1S/C17H17NO4/c1-17-8-7-12(22-17)13-14(17)16(20)18(15(13)19)9-10-5-3-4-6-11(10)21-2/h3-8,12-14H,9H2,1-2H3/t12-,13-,14-,17-/m1/s1. The van der Waals surface area contributed by atoms with Crippen molar-refractivity contribution in [1.82, 2.24) is 4.90 Å². The molecule has 2 amide bonds. The van der Waals surface area contributed by atoms with Crippen LogP contribution in [-0.4, -0.2) is 35.5 Å². The smallest absolute Gasteiger partial charge is 0.236 e. The third kappa shape index (κ3) is 1.63. The maximum absolute atomic E-state index is 12.7. The second kappa shape index (κ2) is 4.43. The normalized spacial score (nSPS) is 35.4. The first-order valence-electron chi connectivity index (χ1n) is 7.39. The van der Waals surface area contributed by atoms with E-state index in [9.17, 15) is 9.59 Å². The van der Waals surface area contributed by atoms with Crippen LogP contribution in [0, 0.1) is 11.8 Å². The van der Waals surface area contributed by atoms with Crippen LogP contribution in [0.5, 0.6) is 5.75 Å². The maximum atomic E-state index is 12.7. The van der Waals surface area contributed by atoms with Crippen molar-refractivity contribution < 1.29 is 19.1 Å². The van der Waals surface area contributed by atoms with Gasteiger partial charge in [-0.25, -0.2) is 0 Å². The topological polar surface area (TPSA) is 55.8 Å². The summed E-state index contributed by atoms with van der Waals surface area (Å²) in [4.78, 5) is 26.8. The molecule has 4 atom stereocenters. The van der Waals surface area contributed by atoms with E-state index in [0.29, 0.717) is 5.75 Å². The Morgan fingerprint density at radius 3 is 2.77 bits per heavy atom. The first-order valence-corrected chi connectivity index (χ1v) is 7.39. The van der Waals surface area contributed by atoms with Gasteiger partial charge in [0.1, 0.15) is 5.75 Å². The van der Waals surface area contributed by atoms with Crippen molar-refractivity contribution in [2.45, 2.75) is 25.2 Å². The Morgan fingerprint density at radius 1 is 1.27 bits per heavy atom. The van der Waals surface area contributed by atoms with E-state index in [2.05, 4.69) is 0 Å². The lowest BCUT2D eigenvalue weighted by atomic mass is 9.78. The van der Waals surface area contributed by atoms with Crippen LogP contribution in [0.2, 0.25) is 0 Å². The second-order valence-corrected chi connectivity index (χ2v) is 6.20. The maximum Gasteiger partial charge on any atom is 0.236 e. The molecule has 5 nitrogen and oxygen atoms in total. The van der Waals surface area contributed by atoms with Gasteiger partial charge in [0.25, 0.3) is 0 Å². The Hall–Kier alpha value is -2.14.